The van der Waals surface area contributed by atoms with Crippen LogP contribution in [0.3, 0.4) is 0 Å². The Kier molecular flexibility index (Phi) is 7.02. The van der Waals surface area contributed by atoms with Crippen LogP contribution in [0.25, 0.3) is 10.8 Å². The van der Waals surface area contributed by atoms with E-state index in [1.54, 1.807) is 23.2 Å². The van der Waals surface area contributed by atoms with Crippen LogP contribution < -0.4 is 10.3 Å². The highest BCUT2D eigenvalue weighted by Crippen LogP contribution is 2.37. The van der Waals surface area contributed by atoms with Gasteiger partial charge in [0.15, 0.2) is 0 Å². The lowest BCUT2D eigenvalue weighted by Gasteiger charge is -2.18. The van der Waals surface area contributed by atoms with E-state index in [4.69, 9.17) is 0 Å². The SMILES string of the molecule is CC(C)=CCC/C(C)=C/C=N/NC(=O)c1ccc(CN2C(=O)c3cccc4cccc2c34)cc1. The maximum atomic E-state index is 13.0. The Morgan fingerprint density at radius 1 is 1.00 bits per heavy atom. The lowest BCUT2D eigenvalue weighted by atomic mass is 10.1. The number of carbonyl (C=O) groups is 2. The summed E-state index contributed by atoms with van der Waals surface area (Å²) in [5, 5.41) is 6.09. The standard InChI is InChI=1S/C29H29N3O2/c1-20(2)7-4-8-21(3)17-18-30-31-28(33)24-15-13-22(14-16-24)19-32-26-12-6-10-23-9-5-11-25(27(23)26)29(32)34/h5-7,9-18H,4,8,19H2,1-3H3,(H,31,33)/b21-17+,30-18+. The number of benzene rings is 3. The molecule has 0 aromatic heterocycles. The number of hydrogen-bond donors (Lipinski definition) is 1. The number of hydrazone groups is 1. The topological polar surface area (TPSA) is 61.8 Å². The smallest absolute Gasteiger partial charge is 0.271 e. The van der Waals surface area contributed by atoms with Gasteiger partial charge in [-0.3, -0.25) is 9.59 Å². The number of rotatable bonds is 8. The first kappa shape index (κ1) is 23.2. The predicted octanol–water partition coefficient (Wildman–Crippen LogP) is 6.41. The van der Waals surface area contributed by atoms with E-state index >= 15 is 0 Å². The summed E-state index contributed by atoms with van der Waals surface area (Å²) in [6.07, 6.45) is 7.70. The first-order valence-electron chi connectivity index (χ1n) is 11.5. The molecule has 0 saturated heterocycles. The van der Waals surface area contributed by atoms with E-state index in [1.807, 2.05) is 54.6 Å². The number of nitrogens with one attached hydrogen (secondary N) is 1. The van der Waals surface area contributed by atoms with Gasteiger partial charge in [0.05, 0.1) is 12.2 Å². The van der Waals surface area contributed by atoms with Crippen LogP contribution in [0.4, 0.5) is 5.69 Å². The van der Waals surface area contributed by atoms with Crippen molar-refractivity contribution in [2.45, 2.75) is 40.2 Å². The molecule has 1 aliphatic heterocycles. The van der Waals surface area contributed by atoms with E-state index in [2.05, 4.69) is 37.4 Å². The largest absolute Gasteiger partial charge is 0.303 e. The Hall–Kier alpha value is -3.99. The maximum Gasteiger partial charge on any atom is 0.271 e. The van der Waals surface area contributed by atoms with E-state index in [1.165, 1.54) is 11.1 Å². The lowest BCUT2D eigenvalue weighted by Crippen LogP contribution is -2.26. The van der Waals surface area contributed by atoms with Crippen molar-refractivity contribution in [1.29, 1.82) is 0 Å². The van der Waals surface area contributed by atoms with Crippen molar-refractivity contribution in [3.05, 3.63) is 101 Å². The van der Waals surface area contributed by atoms with Gasteiger partial charge in [0.25, 0.3) is 11.8 Å². The van der Waals surface area contributed by atoms with Crippen LogP contribution in [-0.4, -0.2) is 18.0 Å². The molecule has 0 radical (unpaired) electrons. The fraction of sp³-hybridized carbons (Fsp3) is 0.207. The molecule has 5 heteroatoms. The Morgan fingerprint density at radius 2 is 1.74 bits per heavy atom. The van der Waals surface area contributed by atoms with Gasteiger partial charge in [-0.05, 0) is 74.9 Å². The monoisotopic (exact) mass is 451 g/mol. The summed E-state index contributed by atoms with van der Waals surface area (Å²) in [6, 6.07) is 19.1. The van der Waals surface area contributed by atoms with Gasteiger partial charge in [0.2, 0.25) is 0 Å². The van der Waals surface area contributed by atoms with Crippen LogP contribution in [0.1, 0.15) is 59.9 Å². The third kappa shape index (κ3) is 5.15. The molecule has 0 fully saturated rings. The van der Waals surface area contributed by atoms with Crippen LogP contribution in [0.15, 0.2) is 89.1 Å². The molecule has 0 unspecified atom stereocenters. The predicted molar refractivity (Wildman–Crippen MR) is 139 cm³/mol. The number of nitrogens with zero attached hydrogens (tertiary/aromatic N) is 2. The average molecular weight is 452 g/mol. The summed E-state index contributed by atoms with van der Waals surface area (Å²) in [6.45, 7) is 6.68. The van der Waals surface area contributed by atoms with Crippen LogP contribution in [0.2, 0.25) is 0 Å². The molecule has 4 rings (SSSR count). The van der Waals surface area contributed by atoms with E-state index in [0.29, 0.717) is 12.1 Å². The molecule has 0 bridgehead atoms. The molecule has 0 atom stereocenters. The average Bonchev–Trinajstić information content (AvgIpc) is 3.10. The van der Waals surface area contributed by atoms with Crippen molar-refractivity contribution >= 4 is 34.5 Å². The van der Waals surface area contributed by atoms with Crippen molar-refractivity contribution in [3.8, 4) is 0 Å². The van der Waals surface area contributed by atoms with Gasteiger partial charge in [-0.25, -0.2) is 5.43 Å². The molecule has 3 aromatic rings. The fourth-order valence-electron chi connectivity index (χ4n) is 4.08. The first-order chi connectivity index (χ1) is 16.4. The second-order valence-corrected chi connectivity index (χ2v) is 8.82. The van der Waals surface area contributed by atoms with E-state index in [-0.39, 0.29) is 11.8 Å². The van der Waals surface area contributed by atoms with Crippen LogP contribution in [0.5, 0.6) is 0 Å². The van der Waals surface area contributed by atoms with Crippen molar-refractivity contribution in [1.82, 2.24) is 5.43 Å². The highest BCUT2D eigenvalue weighted by atomic mass is 16.2. The normalized spacial score (nSPS) is 13.1. The van der Waals surface area contributed by atoms with Gasteiger partial charge in [0.1, 0.15) is 0 Å². The molecule has 1 aliphatic rings. The summed E-state index contributed by atoms with van der Waals surface area (Å²) < 4.78 is 0. The van der Waals surface area contributed by atoms with Gasteiger partial charge >= 0.3 is 0 Å². The quantitative estimate of drug-likeness (QED) is 0.244. The molecular formula is C29H29N3O2. The molecule has 2 amide bonds. The minimum absolute atomic E-state index is 0.00663. The van der Waals surface area contributed by atoms with E-state index < -0.39 is 0 Å². The van der Waals surface area contributed by atoms with Crippen molar-refractivity contribution < 1.29 is 9.59 Å². The fourth-order valence-corrected chi connectivity index (χ4v) is 4.08. The van der Waals surface area contributed by atoms with Crippen LogP contribution >= 0.6 is 0 Å². The van der Waals surface area contributed by atoms with Gasteiger partial charge < -0.3 is 4.90 Å². The molecule has 34 heavy (non-hydrogen) atoms. The maximum absolute atomic E-state index is 13.0. The zero-order valence-corrected chi connectivity index (χ0v) is 19.8. The summed E-state index contributed by atoms with van der Waals surface area (Å²) in [5.41, 5.74) is 8.22. The summed E-state index contributed by atoms with van der Waals surface area (Å²) in [7, 11) is 0. The minimum atomic E-state index is -0.271. The van der Waals surface area contributed by atoms with Gasteiger partial charge in [-0.1, -0.05) is 53.6 Å². The van der Waals surface area contributed by atoms with Crippen LogP contribution in [0, 0.1) is 0 Å². The summed E-state index contributed by atoms with van der Waals surface area (Å²) >= 11 is 0. The number of carbonyl (C=O) groups excluding carboxylic acids is 2. The zero-order valence-electron chi connectivity index (χ0n) is 19.8. The van der Waals surface area contributed by atoms with Gasteiger partial charge in [0, 0.05) is 22.7 Å². The Bertz CT molecular complexity index is 1310. The van der Waals surface area contributed by atoms with Crippen molar-refractivity contribution in [3.63, 3.8) is 0 Å². The van der Waals surface area contributed by atoms with Crippen LogP contribution in [-0.2, 0) is 6.54 Å². The second-order valence-electron chi connectivity index (χ2n) is 8.82. The lowest BCUT2D eigenvalue weighted by molar-refractivity contribution is 0.0953. The first-order valence-corrected chi connectivity index (χ1v) is 11.5. The molecule has 1 heterocycles. The molecular weight excluding hydrogens is 422 g/mol. The molecule has 3 aromatic carbocycles. The number of allylic oxidation sites excluding steroid dienone is 4. The third-order valence-electron chi connectivity index (χ3n) is 5.90. The summed E-state index contributed by atoms with van der Waals surface area (Å²) in [4.78, 5) is 27.2. The minimum Gasteiger partial charge on any atom is -0.303 e. The van der Waals surface area contributed by atoms with Gasteiger partial charge in [-0.2, -0.15) is 5.10 Å². The number of amides is 2. The molecule has 1 N–H and O–H groups in total. The second kappa shape index (κ2) is 10.3. The Balaban J connectivity index is 1.36. The molecule has 0 saturated carbocycles. The highest BCUT2D eigenvalue weighted by molar-refractivity contribution is 6.24. The van der Waals surface area contributed by atoms with Gasteiger partial charge in [-0.15, -0.1) is 0 Å². The molecule has 172 valence electrons. The van der Waals surface area contributed by atoms with E-state index in [9.17, 15) is 9.59 Å². The Labute approximate surface area is 200 Å². The molecule has 0 spiro atoms. The van der Waals surface area contributed by atoms with Crippen molar-refractivity contribution in [2.24, 2.45) is 5.10 Å². The number of anilines is 1. The Morgan fingerprint density at radius 3 is 2.47 bits per heavy atom. The number of hydrogen-bond acceptors (Lipinski definition) is 3. The molecule has 0 aliphatic carbocycles. The third-order valence-corrected chi connectivity index (χ3v) is 5.90. The van der Waals surface area contributed by atoms with E-state index in [0.717, 1.165) is 40.4 Å². The van der Waals surface area contributed by atoms with Crippen molar-refractivity contribution in [2.75, 3.05) is 4.90 Å². The summed E-state index contributed by atoms with van der Waals surface area (Å²) in [5.74, 6) is -0.264. The molecule has 5 nitrogen and oxygen atoms in total. The zero-order chi connectivity index (χ0) is 24.1. The highest BCUT2D eigenvalue weighted by Gasteiger charge is 2.29.